The van der Waals surface area contributed by atoms with Gasteiger partial charge in [-0.25, -0.2) is 4.79 Å². The number of carboxylic acid groups (broad SMARTS) is 1. The van der Waals surface area contributed by atoms with Gasteiger partial charge >= 0.3 is 5.97 Å². The monoisotopic (exact) mass is 241 g/mol. The maximum absolute atomic E-state index is 10.8. The van der Waals surface area contributed by atoms with E-state index in [1.165, 1.54) is 6.07 Å². The molecule has 0 fully saturated rings. The minimum absolute atomic E-state index is 0.164. The Hall–Kier alpha value is -1.20. The fourth-order valence-corrected chi connectivity index (χ4v) is 2.16. The lowest BCUT2D eigenvalue weighted by molar-refractivity contribution is 0.0698. The summed E-state index contributed by atoms with van der Waals surface area (Å²) >= 11 is 1.55. The molecular formula is C11H15NO3S. The highest BCUT2D eigenvalue weighted by Gasteiger charge is 2.10. The van der Waals surface area contributed by atoms with Crippen LogP contribution in [0.3, 0.4) is 0 Å². The maximum Gasteiger partial charge on any atom is 0.337 e. The normalized spacial score (nSPS) is 10.3. The number of thioether (sulfide) groups is 1. The fourth-order valence-electron chi connectivity index (χ4n) is 1.24. The number of carboxylic acids is 1. The van der Waals surface area contributed by atoms with Gasteiger partial charge in [0.25, 0.3) is 0 Å². The number of rotatable bonds is 6. The molecule has 5 heteroatoms. The molecular weight excluding hydrogens is 226 g/mol. The van der Waals surface area contributed by atoms with Gasteiger partial charge in [0, 0.05) is 24.4 Å². The van der Waals surface area contributed by atoms with Gasteiger partial charge in [-0.2, -0.15) is 0 Å². The summed E-state index contributed by atoms with van der Waals surface area (Å²) in [4.78, 5) is 11.7. The van der Waals surface area contributed by atoms with Crippen LogP contribution in [-0.2, 0) is 4.74 Å². The Morgan fingerprint density at radius 2 is 2.31 bits per heavy atom. The van der Waals surface area contributed by atoms with E-state index in [2.05, 4.69) is 0 Å². The first-order valence-electron chi connectivity index (χ1n) is 4.90. The predicted molar refractivity (Wildman–Crippen MR) is 65.0 cm³/mol. The number of methoxy groups -OCH3 is 1. The van der Waals surface area contributed by atoms with E-state index in [1.54, 1.807) is 24.9 Å². The smallest absolute Gasteiger partial charge is 0.337 e. The molecule has 0 radical (unpaired) electrons. The van der Waals surface area contributed by atoms with Gasteiger partial charge in [0.05, 0.1) is 11.3 Å². The first-order chi connectivity index (χ1) is 7.66. The van der Waals surface area contributed by atoms with Crippen molar-refractivity contribution >= 4 is 23.4 Å². The molecule has 0 spiro atoms. The van der Waals surface area contributed by atoms with Crippen LogP contribution in [0.1, 0.15) is 16.8 Å². The molecule has 0 aliphatic heterocycles. The van der Waals surface area contributed by atoms with Gasteiger partial charge in [-0.15, -0.1) is 11.8 Å². The highest BCUT2D eigenvalue weighted by atomic mass is 32.2. The van der Waals surface area contributed by atoms with Gasteiger partial charge in [0.15, 0.2) is 0 Å². The molecule has 0 aliphatic rings. The van der Waals surface area contributed by atoms with Crippen LogP contribution in [0.15, 0.2) is 23.1 Å². The van der Waals surface area contributed by atoms with Gasteiger partial charge in [0.2, 0.25) is 0 Å². The Labute approximate surface area is 98.8 Å². The Morgan fingerprint density at radius 1 is 1.56 bits per heavy atom. The summed E-state index contributed by atoms with van der Waals surface area (Å²) in [6, 6.07) is 5.05. The number of hydrogen-bond donors (Lipinski definition) is 2. The van der Waals surface area contributed by atoms with Gasteiger partial charge in [-0.05, 0) is 18.6 Å². The Bertz CT molecular complexity index is 368. The minimum atomic E-state index is -0.989. The number of anilines is 1. The lowest BCUT2D eigenvalue weighted by Crippen LogP contribution is -2.03. The number of aromatic carboxylic acids is 1. The van der Waals surface area contributed by atoms with Crippen molar-refractivity contribution in [3.05, 3.63) is 23.8 Å². The average molecular weight is 241 g/mol. The first kappa shape index (κ1) is 12.9. The first-order valence-corrected chi connectivity index (χ1v) is 5.89. The van der Waals surface area contributed by atoms with Crippen molar-refractivity contribution in [2.75, 3.05) is 25.2 Å². The molecule has 4 nitrogen and oxygen atoms in total. The number of nitrogens with two attached hydrogens (primary N) is 1. The minimum Gasteiger partial charge on any atom is -0.478 e. The number of ether oxygens (including phenoxy) is 1. The Balaban J connectivity index is 2.66. The number of carbonyl (C=O) groups is 1. The van der Waals surface area contributed by atoms with Crippen molar-refractivity contribution in [2.24, 2.45) is 0 Å². The predicted octanol–water partition coefficient (Wildman–Crippen LogP) is 2.10. The molecule has 0 aliphatic carbocycles. The zero-order valence-electron chi connectivity index (χ0n) is 9.10. The van der Waals surface area contributed by atoms with Crippen LogP contribution in [0.2, 0.25) is 0 Å². The summed E-state index contributed by atoms with van der Waals surface area (Å²) in [5.74, 6) is -0.127. The Morgan fingerprint density at radius 3 is 2.94 bits per heavy atom. The lowest BCUT2D eigenvalue weighted by atomic mass is 10.2. The fraction of sp³-hybridized carbons (Fsp3) is 0.364. The van der Waals surface area contributed by atoms with Gasteiger partial charge in [-0.1, -0.05) is 6.07 Å². The van der Waals surface area contributed by atoms with E-state index in [-0.39, 0.29) is 5.56 Å². The molecule has 88 valence electrons. The van der Waals surface area contributed by atoms with Crippen LogP contribution in [0.25, 0.3) is 0 Å². The quantitative estimate of drug-likeness (QED) is 0.453. The van der Waals surface area contributed by atoms with Gasteiger partial charge in [-0.3, -0.25) is 0 Å². The van der Waals surface area contributed by atoms with Crippen molar-refractivity contribution in [2.45, 2.75) is 11.3 Å². The van der Waals surface area contributed by atoms with E-state index in [0.717, 1.165) is 17.1 Å². The third-order valence-electron chi connectivity index (χ3n) is 2.05. The summed E-state index contributed by atoms with van der Waals surface area (Å²) in [5.41, 5.74) is 6.27. The third kappa shape index (κ3) is 3.43. The van der Waals surface area contributed by atoms with Crippen molar-refractivity contribution < 1.29 is 14.6 Å². The van der Waals surface area contributed by atoms with Crippen molar-refractivity contribution in [1.29, 1.82) is 0 Å². The molecule has 0 unspecified atom stereocenters. The molecule has 0 atom stereocenters. The highest BCUT2D eigenvalue weighted by Crippen LogP contribution is 2.28. The molecule has 0 heterocycles. The van der Waals surface area contributed by atoms with Crippen molar-refractivity contribution in [3.63, 3.8) is 0 Å². The molecule has 3 N–H and O–H groups in total. The number of benzene rings is 1. The van der Waals surface area contributed by atoms with Crippen LogP contribution >= 0.6 is 11.8 Å². The van der Waals surface area contributed by atoms with Crippen LogP contribution in [0, 0.1) is 0 Å². The standard InChI is InChI=1S/C11H15NO3S/c1-15-6-3-7-16-9-5-2-4-8(10(9)12)11(13)14/h2,4-5H,3,6-7,12H2,1H3,(H,13,14). The van der Waals surface area contributed by atoms with Gasteiger partial charge < -0.3 is 15.6 Å². The summed E-state index contributed by atoms with van der Waals surface area (Å²) < 4.78 is 4.93. The maximum atomic E-state index is 10.8. The zero-order valence-corrected chi connectivity index (χ0v) is 9.92. The van der Waals surface area contributed by atoms with E-state index >= 15 is 0 Å². The molecule has 1 aromatic carbocycles. The number of para-hydroxylation sites is 1. The second-order valence-corrected chi connectivity index (χ2v) is 4.35. The van der Waals surface area contributed by atoms with Crippen molar-refractivity contribution in [3.8, 4) is 0 Å². The molecule has 0 saturated heterocycles. The van der Waals surface area contributed by atoms with Crippen LogP contribution in [0.5, 0.6) is 0 Å². The molecule has 0 aromatic heterocycles. The van der Waals surface area contributed by atoms with Crippen LogP contribution < -0.4 is 5.73 Å². The van der Waals surface area contributed by atoms with Crippen molar-refractivity contribution in [1.82, 2.24) is 0 Å². The van der Waals surface area contributed by atoms with E-state index in [0.29, 0.717) is 12.3 Å². The molecule has 1 aromatic rings. The largest absolute Gasteiger partial charge is 0.478 e. The SMILES string of the molecule is COCCCSc1cccc(C(=O)O)c1N. The van der Waals surface area contributed by atoms with E-state index in [4.69, 9.17) is 15.6 Å². The summed E-state index contributed by atoms with van der Waals surface area (Å²) in [6.07, 6.45) is 0.915. The number of hydrogen-bond acceptors (Lipinski definition) is 4. The third-order valence-corrected chi connectivity index (χ3v) is 3.21. The zero-order chi connectivity index (χ0) is 12.0. The van der Waals surface area contributed by atoms with Crippen LogP contribution in [-0.4, -0.2) is 30.5 Å². The second-order valence-electron chi connectivity index (χ2n) is 3.22. The van der Waals surface area contributed by atoms with Crippen LogP contribution in [0.4, 0.5) is 5.69 Å². The average Bonchev–Trinajstić information content (AvgIpc) is 2.26. The van der Waals surface area contributed by atoms with Gasteiger partial charge in [0.1, 0.15) is 0 Å². The molecule has 1 rings (SSSR count). The van der Waals surface area contributed by atoms with E-state index in [9.17, 15) is 4.79 Å². The Kier molecular flexibility index (Phi) is 5.14. The summed E-state index contributed by atoms with van der Waals surface area (Å²) in [5, 5.41) is 8.89. The van der Waals surface area contributed by atoms with E-state index < -0.39 is 5.97 Å². The second kappa shape index (κ2) is 6.40. The lowest BCUT2D eigenvalue weighted by Gasteiger charge is -2.07. The molecule has 0 amide bonds. The molecule has 0 saturated carbocycles. The molecule has 0 bridgehead atoms. The highest BCUT2D eigenvalue weighted by molar-refractivity contribution is 7.99. The summed E-state index contributed by atoms with van der Waals surface area (Å²) in [6.45, 7) is 0.700. The number of nitrogen functional groups attached to an aromatic ring is 1. The topological polar surface area (TPSA) is 72.5 Å². The van der Waals surface area contributed by atoms with E-state index in [1.807, 2.05) is 6.07 Å². The summed E-state index contributed by atoms with van der Waals surface area (Å²) in [7, 11) is 1.66. The molecule has 16 heavy (non-hydrogen) atoms.